The fraction of sp³-hybridized carbons (Fsp3) is 0.300. The number of nitrogens with one attached hydrogen (secondary N) is 1. The molecule has 1 amide bonds. The molecule has 1 aliphatic heterocycles. The normalized spacial score (nSPS) is 15.8. The standard InChI is InChI=1S/C20H21Cl2FN4O/c21-17-5-2-1-4-15(17)13-26-8-10-27(11-9-26)14-20(28)25-24-12-16-18(22)6-3-7-19(16)23/h1-7,12H,8-11,13-14H2,(H,25,28)/b24-12-. The second-order valence-corrected chi connectivity index (χ2v) is 7.39. The van der Waals surface area contributed by atoms with Crippen molar-refractivity contribution in [2.45, 2.75) is 6.54 Å². The molecule has 2 aromatic rings. The molecule has 28 heavy (non-hydrogen) atoms. The van der Waals surface area contributed by atoms with Gasteiger partial charge < -0.3 is 0 Å². The van der Waals surface area contributed by atoms with E-state index in [9.17, 15) is 9.18 Å². The summed E-state index contributed by atoms with van der Waals surface area (Å²) < 4.78 is 13.7. The monoisotopic (exact) mass is 422 g/mol. The number of benzene rings is 2. The van der Waals surface area contributed by atoms with Gasteiger partial charge in [0.1, 0.15) is 5.82 Å². The van der Waals surface area contributed by atoms with Crippen LogP contribution >= 0.6 is 23.2 Å². The summed E-state index contributed by atoms with van der Waals surface area (Å²) in [5, 5.41) is 4.83. The van der Waals surface area contributed by atoms with E-state index in [0.717, 1.165) is 43.3 Å². The summed E-state index contributed by atoms with van der Waals surface area (Å²) in [5.41, 5.74) is 3.68. The van der Waals surface area contributed by atoms with Crippen molar-refractivity contribution in [2.75, 3.05) is 32.7 Å². The Morgan fingerprint density at radius 3 is 2.43 bits per heavy atom. The Bertz CT molecular complexity index is 834. The first-order chi connectivity index (χ1) is 13.5. The van der Waals surface area contributed by atoms with Gasteiger partial charge in [-0.15, -0.1) is 0 Å². The minimum Gasteiger partial charge on any atom is -0.296 e. The van der Waals surface area contributed by atoms with E-state index in [1.54, 1.807) is 6.07 Å². The van der Waals surface area contributed by atoms with E-state index in [4.69, 9.17) is 23.2 Å². The molecule has 8 heteroatoms. The predicted molar refractivity (Wildman–Crippen MR) is 110 cm³/mol. The zero-order valence-corrected chi connectivity index (χ0v) is 16.8. The van der Waals surface area contributed by atoms with Crippen molar-refractivity contribution in [1.82, 2.24) is 15.2 Å². The first-order valence-electron chi connectivity index (χ1n) is 8.97. The van der Waals surface area contributed by atoms with Gasteiger partial charge in [-0.1, -0.05) is 47.5 Å². The molecular formula is C20H21Cl2FN4O. The van der Waals surface area contributed by atoms with Crippen LogP contribution in [0, 0.1) is 5.82 Å². The molecule has 148 valence electrons. The van der Waals surface area contributed by atoms with E-state index in [2.05, 4.69) is 20.3 Å². The van der Waals surface area contributed by atoms with Crippen LogP contribution < -0.4 is 5.43 Å². The molecule has 0 saturated carbocycles. The molecule has 0 radical (unpaired) electrons. The minimum absolute atomic E-state index is 0.151. The topological polar surface area (TPSA) is 47.9 Å². The third-order valence-electron chi connectivity index (χ3n) is 4.57. The molecule has 5 nitrogen and oxygen atoms in total. The number of hydrogen-bond acceptors (Lipinski definition) is 4. The van der Waals surface area contributed by atoms with E-state index >= 15 is 0 Å². The van der Waals surface area contributed by atoms with Gasteiger partial charge in [-0.25, -0.2) is 9.82 Å². The number of piperazine rings is 1. The Hall–Kier alpha value is -1.99. The van der Waals surface area contributed by atoms with E-state index in [1.807, 2.05) is 24.3 Å². The Kier molecular flexibility index (Phi) is 7.39. The van der Waals surface area contributed by atoms with Crippen molar-refractivity contribution < 1.29 is 9.18 Å². The highest BCUT2D eigenvalue weighted by Crippen LogP contribution is 2.18. The van der Waals surface area contributed by atoms with Crippen molar-refractivity contribution in [2.24, 2.45) is 5.10 Å². The van der Waals surface area contributed by atoms with Crippen molar-refractivity contribution in [3.63, 3.8) is 0 Å². The highest BCUT2D eigenvalue weighted by atomic mass is 35.5. The summed E-state index contributed by atoms with van der Waals surface area (Å²) >= 11 is 12.1. The number of nitrogens with zero attached hydrogens (tertiary/aromatic N) is 3. The molecule has 0 unspecified atom stereocenters. The van der Waals surface area contributed by atoms with Gasteiger partial charge in [0.15, 0.2) is 0 Å². The molecule has 0 spiro atoms. The molecule has 2 aromatic carbocycles. The molecule has 0 bridgehead atoms. The zero-order valence-electron chi connectivity index (χ0n) is 15.2. The lowest BCUT2D eigenvalue weighted by atomic mass is 10.2. The van der Waals surface area contributed by atoms with Crippen molar-refractivity contribution in [1.29, 1.82) is 0 Å². The van der Waals surface area contributed by atoms with E-state index in [0.29, 0.717) is 0 Å². The molecule has 0 aromatic heterocycles. The maximum Gasteiger partial charge on any atom is 0.254 e. The van der Waals surface area contributed by atoms with Gasteiger partial charge in [-0.05, 0) is 23.8 Å². The highest BCUT2D eigenvalue weighted by molar-refractivity contribution is 6.33. The van der Waals surface area contributed by atoms with Crippen LogP contribution in [0.25, 0.3) is 0 Å². The molecule has 1 heterocycles. The number of halogens is 3. The molecule has 1 fully saturated rings. The van der Waals surface area contributed by atoms with Gasteiger partial charge >= 0.3 is 0 Å². The summed E-state index contributed by atoms with van der Waals surface area (Å²) in [6.45, 7) is 4.30. The molecule has 1 aliphatic rings. The molecule has 1 N–H and O–H groups in total. The lowest BCUT2D eigenvalue weighted by molar-refractivity contribution is -0.122. The van der Waals surface area contributed by atoms with Gasteiger partial charge in [0.05, 0.1) is 17.8 Å². The second-order valence-electron chi connectivity index (χ2n) is 6.57. The minimum atomic E-state index is -0.486. The molecular weight excluding hydrogens is 402 g/mol. The van der Waals surface area contributed by atoms with Gasteiger partial charge in [0.2, 0.25) is 0 Å². The Labute approximate surface area is 173 Å². The predicted octanol–water partition coefficient (Wildman–Crippen LogP) is 3.40. The van der Waals surface area contributed by atoms with Crippen LogP contribution in [-0.2, 0) is 11.3 Å². The highest BCUT2D eigenvalue weighted by Gasteiger charge is 2.19. The Morgan fingerprint density at radius 1 is 1.04 bits per heavy atom. The summed E-state index contributed by atoms with van der Waals surface area (Å²) in [6, 6.07) is 12.2. The van der Waals surface area contributed by atoms with Gasteiger partial charge in [-0.2, -0.15) is 5.10 Å². The van der Waals surface area contributed by atoms with Crippen LogP contribution in [0.2, 0.25) is 10.0 Å². The van der Waals surface area contributed by atoms with Crippen molar-refractivity contribution >= 4 is 35.3 Å². The summed E-state index contributed by atoms with van der Waals surface area (Å²) in [6.07, 6.45) is 1.22. The first-order valence-corrected chi connectivity index (χ1v) is 9.72. The van der Waals surface area contributed by atoms with Gasteiger partial charge in [0, 0.05) is 43.3 Å². The van der Waals surface area contributed by atoms with Crippen molar-refractivity contribution in [3.8, 4) is 0 Å². The fourth-order valence-electron chi connectivity index (χ4n) is 3.01. The molecule has 3 rings (SSSR count). The van der Waals surface area contributed by atoms with Gasteiger partial charge in [0.25, 0.3) is 5.91 Å². The second kappa shape index (κ2) is 9.98. The number of carbonyl (C=O) groups is 1. The largest absolute Gasteiger partial charge is 0.296 e. The fourth-order valence-corrected chi connectivity index (χ4v) is 3.42. The Balaban J connectivity index is 1.42. The lowest BCUT2D eigenvalue weighted by Gasteiger charge is -2.34. The number of amides is 1. The third-order valence-corrected chi connectivity index (χ3v) is 5.26. The number of hydrazone groups is 1. The average molecular weight is 423 g/mol. The van der Waals surface area contributed by atoms with E-state index in [-0.39, 0.29) is 23.0 Å². The maximum atomic E-state index is 13.7. The van der Waals surface area contributed by atoms with Crippen LogP contribution in [0.15, 0.2) is 47.6 Å². The Morgan fingerprint density at radius 2 is 1.71 bits per heavy atom. The maximum absolute atomic E-state index is 13.7. The van der Waals surface area contributed by atoms with E-state index < -0.39 is 5.82 Å². The molecule has 0 aliphatic carbocycles. The SMILES string of the molecule is O=C(CN1CCN(Cc2ccccc2Cl)CC1)N/N=C\c1c(F)cccc1Cl. The zero-order chi connectivity index (χ0) is 19.9. The van der Waals surface area contributed by atoms with Crippen LogP contribution in [-0.4, -0.2) is 54.6 Å². The van der Waals surface area contributed by atoms with Crippen LogP contribution in [0.5, 0.6) is 0 Å². The van der Waals surface area contributed by atoms with Crippen LogP contribution in [0.4, 0.5) is 4.39 Å². The quantitative estimate of drug-likeness (QED) is 0.573. The lowest BCUT2D eigenvalue weighted by Crippen LogP contribution is -2.48. The van der Waals surface area contributed by atoms with Gasteiger partial charge in [-0.3, -0.25) is 14.6 Å². The first kappa shape index (κ1) is 20.7. The number of rotatable bonds is 6. The number of hydrogen-bond donors (Lipinski definition) is 1. The molecule has 1 saturated heterocycles. The van der Waals surface area contributed by atoms with Crippen molar-refractivity contribution in [3.05, 3.63) is 69.5 Å². The van der Waals surface area contributed by atoms with E-state index in [1.165, 1.54) is 18.3 Å². The third kappa shape index (κ3) is 5.75. The average Bonchev–Trinajstić information content (AvgIpc) is 2.67. The summed E-state index contributed by atoms with van der Waals surface area (Å²) in [7, 11) is 0. The summed E-state index contributed by atoms with van der Waals surface area (Å²) in [4.78, 5) is 16.4. The number of carbonyl (C=O) groups excluding carboxylic acids is 1. The molecule has 0 atom stereocenters. The van der Waals surface area contributed by atoms with Crippen LogP contribution in [0.1, 0.15) is 11.1 Å². The smallest absolute Gasteiger partial charge is 0.254 e. The van der Waals surface area contributed by atoms with Crippen LogP contribution in [0.3, 0.4) is 0 Å². The summed E-state index contributed by atoms with van der Waals surface area (Å²) in [5.74, 6) is -0.733.